The SMILES string of the molecule is OB(O)O.Oc1cccc(OCc2ccccc2)c1. The van der Waals surface area contributed by atoms with Crippen molar-refractivity contribution in [2.45, 2.75) is 6.61 Å². The van der Waals surface area contributed by atoms with Gasteiger partial charge in [0.25, 0.3) is 0 Å². The van der Waals surface area contributed by atoms with Crippen LogP contribution in [0.2, 0.25) is 0 Å². The van der Waals surface area contributed by atoms with E-state index in [1.165, 1.54) is 0 Å². The van der Waals surface area contributed by atoms with Crippen molar-refractivity contribution in [3.05, 3.63) is 60.2 Å². The lowest BCUT2D eigenvalue weighted by molar-refractivity contribution is 0.278. The molecule has 0 saturated heterocycles. The molecule has 0 amide bonds. The molecular weight excluding hydrogens is 247 g/mol. The van der Waals surface area contributed by atoms with Crippen LogP contribution in [0, 0.1) is 0 Å². The van der Waals surface area contributed by atoms with Crippen molar-refractivity contribution in [2.24, 2.45) is 0 Å². The molecule has 0 heterocycles. The van der Waals surface area contributed by atoms with Crippen molar-refractivity contribution in [3.63, 3.8) is 0 Å². The van der Waals surface area contributed by atoms with Crippen molar-refractivity contribution >= 4 is 7.32 Å². The molecule has 0 atom stereocenters. The summed E-state index contributed by atoms with van der Waals surface area (Å²) in [6, 6.07) is 16.7. The van der Waals surface area contributed by atoms with E-state index >= 15 is 0 Å². The van der Waals surface area contributed by atoms with Crippen LogP contribution in [0.1, 0.15) is 5.56 Å². The molecule has 2 rings (SSSR count). The summed E-state index contributed by atoms with van der Waals surface area (Å²) < 4.78 is 5.51. The second kappa shape index (κ2) is 8.15. The Morgan fingerprint density at radius 3 is 2.11 bits per heavy atom. The van der Waals surface area contributed by atoms with Crippen molar-refractivity contribution < 1.29 is 24.9 Å². The lowest BCUT2D eigenvalue weighted by Crippen LogP contribution is -2.07. The van der Waals surface area contributed by atoms with Gasteiger partial charge in [-0.15, -0.1) is 0 Å². The zero-order valence-electron chi connectivity index (χ0n) is 10.2. The van der Waals surface area contributed by atoms with E-state index in [2.05, 4.69) is 0 Å². The van der Waals surface area contributed by atoms with Crippen molar-refractivity contribution in [3.8, 4) is 11.5 Å². The van der Waals surface area contributed by atoms with Gasteiger partial charge in [-0.1, -0.05) is 36.4 Å². The van der Waals surface area contributed by atoms with Gasteiger partial charge < -0.3 is 24.9 Å². The van der Waals surface area contributed by atoms with Gasteiger partial charge in [0.05, 0.1) is 0 Å². The minimum absolute atomic E-state index is 0.223. The van der Waals surface area contributed by atoms with E-state index in [0.29, 0.717) is 12.4 Å². The topological polar surface area (TPSA) is 90.2 Å². The molecule has 19 heavy (non-hydrogen) atoms. The third-order valence-corrected chi connectivity index (χ3v) is 2.07. The second-order valence-electron chi connectivity index (χ2n) is 3.62. The lowest BCUT2D eigenvalue weighted by Gasteiger charge is -2.05. The summed E-state index contributed by atoms with van der Waals surface area (Å²) in [7, 11) is -2.17. The monoisotopic (exact) mass is 262 g/mol. The molecule has 0 aliphatic rings. The molecule has 6 heteroatoms. The van der Waals surface area contributed by atoms with E-state index in [1.54, 1.807) is 18.2 Å². The highest BCUT2D eigenvalue weighted by Crippen LogP contribution is 2.18. The molecule has 0 aliphatic carbocycles. The number of ether oxygens (including phenoxy) is 1. The van der Waals surface area contributed by atoms with Gasteiger partial charge in [0.15, 0.2) is 0 Å². The first kappa shape index (κ1) is 15.0. The Kier molecular flexibility index (Phi) is 6.45. The Bertz CT molecular complexity index is 473. The normalized spacial score (nSPS) is 9.21. The van der Waals surface area contributed by atoms with Crippen molar-refractivity contribution in [1.82, 2.24) is 0 Å². The fourth-order valence-corrected chi connectivity index (χ4v) is 1.31. The van der Waals surface area contributed by atoms with Crippen LogP contribution in [0.25, 0.3) is 0 Å². The summed E-state index contributed by atoms with van der Waals surface area (Å²) >= 11 is 0. The fourth-order valence-electron chi connectivity index (χ4n) is 1.31. The maximum absolute atomic E-state index is 9.23. The molecule has 0 aliphatic heterocycles. The predicted octanol–water partition coefficient (Wildman–Crippen LogP) is 0.919. The average molecular weight is 262 g/mol. The maximum atomic E-state index is 9.23. The minimum atomic E-state index is -2.17. The summed E-state index contributed by atoms with van der Waals surface area (Å²) in [5.41, 5.74) is 1.11. The number of phenolic OH excluding ortho intramolecular Hbond substituents is 1. The van der Waals surface area contributed by atoms with Gasteiger partial charge in [-0.05, 0) is 17.7 Å². The number of rotatable bonds is 3. The van der Waals surface area contributed by atoms with Gasteiger partial charge in [0, 0.05) is 6.07 Å². The highest BCUT2D eigenvalue weighted by molar-refractivity contribution is 6.30. The molecule has 0 aromatic heterocycles. The molecule has 100 valence electrons. The van der Waals surface area contributed by atoms with Crippen LogP contribution < -0.4 is 4.74 Å². The first-order valence-electron chi connectivity index (χ1n) is 5.58. The molecule has 2 aromatic rings. The molecule has 0 bridgehead atoms. The van der Waals surface area contributed by atoms with E-state index in [9.17, 15) is 5.11 Å². The van der Waals surface area contributed by atoms with E-state index < -0.39 is 7.32 Å². The number of benzene rings is 2. The predicted molar refractivity (Wildman–Crippen MR) is 71.3 cm³/mol. The van der Waals surface area contributed by atoms with Crippen molar-refractivity contribution in [1.29, 1.82) is 0 Å². The zero-order chi connectivity index (χ0) is 14.1. The first-order valence-corrected chi connectivity index (χ1v) is 5.58. The highest BCUT2D eigenvalue weighted by atomic mass is 16.5. The third kappa shape index (κ3) is 7.10. The molecule has 4 N–H and O–H groups in total. The third-order valence-electron chi connectivity index (χ3n) is 2.07. The lowest BCUT2D eigenvalue weighted by atomic mass is 10.2. The molecular formula is C13H15BO5. The molecule has 5 nitrogen and oxygen atoms in total. The summed E-state index contributed by atoms with van der Waals surface area (Å²) in [5, 5.41) is 30.7. The molecule has 0 radical (unpaired) electrons. The Hall–Kier alpha value is -2.02. The molecule has 0 spiro atoms. The summed E-state index contributed by atoms with van der Waals surface area (Å²) in [6.45, 7) is 0.518. The minimum Gasteiger partial charge on any atom is -0.508 e. The summed E-state index contributed by atoms with van der Waals surface area (Å²) in [6.07, 6.45) is 0. The first-order chi connectivity index (χ1) is 9.08. The van der Waals surface area contributed by atoms with Gasteiger partial charge in [0.2, 0.25) is 0 Å². The summed E-state index contributed by atoms with van der Waals surface area (Å²) in [4.78, 5) is 0. The molecule has 2 aromatic carbocycles. The van der Waals surface area contributed by atoms with Crippen LogP contribution in [0.5, 0.6) is 11.5 Å². The van der Waals surface area contributed by atoms with Gasteiger partial charge in [-0.3, -0.25) is 0 Å². The second-order valence-corrected chi connectivity index (χ2v) is 3.62. The van der Waals surface area contributed by atoms with Crippen LogP contribution in [0.15, 0.2) is 54.6 Å². The van der Waals surface area contributed by atoms with E-state index in [4.69, 9.17) is 19.8 Å². The van der Waals surface area contributed by atoms with Crippen LogP contribution in [0.4, 0.5) is 0 Å². The Morgan fingerprint density at radius 2 is 1.53 bits per heavy atom. The number of aromatic hydroxyl groups is 1. The smallest absolute Gasteiger partial charge is 0.508 e. The maximum Gasteiger partial charge on any atom is 0.631 e. The molecule has 0 unspecified atom stereocenters. The van der Waals surface area contributed by atoms with E-state index in [1.807, 2.05) is 36.4 Å². The largest absolute Gasteiger partial charge is 0.631 e. The van der Waals surface area contributed by atoms with Gasteiger partial charge in [-0.2, -0.15) is 0 Å². The van der Waals surface area contributed by atoms with E-state index in [-0.39, 0.29) is 5.75 Å². The number of phenols is 1. The molecule has 0 saturated carbocycles. The number of hydrogen-bond donors (Lipinski definition) is 4. The van der Waals surface area contributed by atoms with Crippen LogP contribution in [-0.4, -0.2) is 27.5 Å². The molecule has 0 fully saturated rings. The van der Waals surface area contributed by atoms with Crippen LogP contribution >= 0.6 is 0 Å². The van der Waals surface area contributed by atoms with Crippen LogP contribution in [-0.2, 0) is 6.61 Å². The number of hydrogen-bond acceptors (Lipinski definition) is 5. The van der Waals surface area contributed by atoms with E-state index in [0.717, 1.165) is 5.56 Å². The van der Waals surface area contributed by atoms with Gasteiger partial charge in [0.1, 0.15) is 18.1 Å². The average Bonchev–Trinajstić information content (AvgIpc) is 2.37. The Balaban J connectivity index is 0.000000399. The summed E-state index contributed by atoms with van der Waals surface area (Å²) in [5.74, 6) is 0.902. The highest BCUT2D eigenvalue weighted by Gasteiger charge is 1.96. The van der Waals surface area contributed by atoms with Crippen molar-refractivity contribution in [2.75, 3.05) is 0 Å². The fraction of sp³-hybridized carbons (Fsp3) is 0.0769. The van der Waals surface area contributed by atoms with Crippen LogP contribution in [0.3, 0.4) is 0 Å². The van der Waals surface area contributed by atoms with Gasteiger partial charge >= 0.3 is 7.32 Å². The Labute approximate surface area is 111 Å². The van der Waals surface area contributed by atoms with Gasteiger partial charge in [-0.25, -0.2) is 0 Å². The zero-order valence-corrected chi connectivity index (χ0v) is 10.2. The standard InChI is InChI=1S/C13H12O2.BH3O3/c14-12-7-4-8-13(9-12)15-10-11-5-2-1-3-6-11;2-1(3)4/h1-9,14H,10H2;2-4H. The Morgan fingerprint density at radius 1 is 0.895 bits per heavy atom. The quantitative estimate of drug-likeness (QED) is 0.617.